The summed E-state index contributed by atoms with van der Waals surface area (Å²) >= 11 is 11.9. The van der Waals surface area contributed by atoms with Crippen LogP contribution in [0.1, 0.15) is 5.56 Å². The van der Waals surface area contributed by atoms with Crippen LogP contribution in [0.15, 0.2) is 18.2 Å². The summed E-state index contributed by atoms with van der Waals surface area (Å²) in [7, 11) is 2.19. The van der Waals surface area contributed by atoms with E-state index < -0.39 is 0 Å². The van der Waals surface area contributed by atoms with Crippen molar-refractivity contribution in [3.8, 4) is 0 Å². The molecule has 110 valence electrons. The molecule has 1 aromatic rings. The summed E-state index contributed by atoms with van der Waals surface area (Å²) in [6.07, 6.45) is 0. The third-order valence-corrected chi connectivity index (χ3v) is 4.30. The lowest BCUT2D eigenvalue weighted by atomic mass is 10.2. The van der Waals surface area contributed by atoms with Crippen molar-refractivity contribution in [3.63, 3.8) is 0 Å². The average Bonchev–Trinajstić information content (AvgIpc) is 2.40. The van der Waals surface area contributed by atoms with Crippen molar-refractivity contribution in [1.82, 2.24) is 5.32 Å². The van der Waals surface area contributed by atoms with E-state index in [9.17, 15) is 4.79 Å². The zero-order chi connectivity index (χ0) is 14.5. The van der Waals surface area contributed by atoms with Crippen LogP contribution < -0.4 is 15.1 Å². The van der Waals surface area contributed by atoms with Gasteiger partial charge in [-0.1, -0.05) is 29.3 Å². The predicted octanol–water partition coefficient (Wildman–Crippen LogP) is -0.977. The van der Waals surface area contributed by atoms with Crippen molar-refractivity contribution < 1.29 is 14.6 Å². The maximum absolute atomic E-state index is 11.9. The summed E-state index contributed by atoms with van der Waals surface area (Å²) < 4.78 is 0. The molecule has 20 heavy (non-hydrogen) atoms. The van der Waals surface area contributed by atoms with E-state index in [0.717, 1.165) is 31.7 Å². The number of quaternary nitrogens is 2. The quantitative estimate of drug-likeness (QED) is 0.656. The first-order valence-electron chi connectivity index (χ1n) is 6.90. The highest BCUT2D eigenvalue weighted by Crippen LogP contribution is 2.20. The first kappa shape index (κ1) is 15.6. The van der Waals surface area contributed by atoms with Crippen LogP contribution in [-0.4, -0.2) is 45.7 Å². The van der Waals surface area contributed by atoms with Crippen LogP contribution in [0.25, 0.3) is 0 Å². The summed E-state index contributed by atoms with van der Waals surface area (Å²) in [5.74, 6) is 0.0746. The minimum atomic E-state index is 0.0746. The summed E-state index contributed by atoms with van der Waals surface area (Å²) in [6.45, 7) is 5.37. The molecule has 1 saturated heterocycles. The van der Waals surface area contributed by atoms with E-state index in [4.69, 9.17) is 23.2 Å². The molecule has 0 aromatic heterocycles. The number of rotatable bonds is 4. The Morgan fingerprint density at radius 3 is 2.60 bits per heavy atom. The molecular weight excluding hydrogens is 297 g/mol. The maximum Gasteiger partial charge on any atom is 0.275 e. The second-order valence-electron chi connectivity index (χ2n) is 5.40. The normalized spacial score (nSPS) is 22.6. The molecule has 6 heteroatoms. The van der Waals surface area contributed by atoms with Crippen molar-refractivity contribution >= 4 is 29.1 Å². The summed E-state index contributed by atoms with van der Waals surface area (Å²) in [4.78, 5) is 14.8. The molecule has 0 bridgehead atoms. The lowest BCUT2D eigenvalue weighted by molar-refractivity contribution is -1.000. The van der Waals surface area contributed by atoms with E-state index in [1.807, 2.05) is 6.07 Å². The zero-order valence-corrected chi connectivity index (χ0v) is 13.2. The predicted molar refractivity (Wildman–Crippen MR) is 80.5 cm³/mol. The molecule has 0 atom stereocenters. The minimum Gasteiger partial charge on any atom is -0.347 e. The molecule has 3 N–H and O–H groups in total. The number of halogens is 2. The fraction of sp³-hybridized carbons (Fsp3) is 0.500. The van der Waals surface area contributed by atoms with Crippen LogP contribution >= 0.6 is 23.2 Å². The van der Waals surface area contributed by atoms with Crippen molar-refractivity contribution in [2.75, 3.05) is 39.8 Å². The van der Waals surface area contributed by atoms with Crippen LogP contribution in [0.5, 0.6) is 0 Å². The fourth-order valence-electron chi connectivity index (χ4n) is 2.36. The number of likely N-dealkylation sites (N-methyl/N-ethyl adjacent to an activating group) is 1. The van der Waals surface area contributed by atoms with Gasteiger partial charge < -0.3 is 15.1 Å². The van der Waals surface area contributed by atoms with E-state index >= 15 is 0 Å². The molecule has 1 aromatic carbocycles. The van der Waals surface area contributed by atoms with Gasteiger partial charge in [0.1, 0.15) is 26.2 Å². The molecule has 1 aliphatic heterocycles. The van der Waals surface area contributed by atoms with E-state index in [1.165, 1.54) is 4.90 Å². The summed E-state index contributed by atoms with van der Waals surface area (Å²) in [5, 5.41) is 4.12. The van der Waals surface area contributed by atoms with Gasteiger partial charge in [0.05, 0.1) is 7.05 Å². The average molecular weight is 318 g/mol. The molecule has 1 fully saturated rings. The third-order valence-electron chi connectivity index (χ3n) is 3.71. The molecular formula is C14H21Cl2N3O+2. The molecule has 0 saturated carbocycles. The lowest BCUT2D eigenvalue weighted by Crippen LogP contribution is -3.27. The molecule has 0 aliphatic carbocycles. The highest BCUT2D eigenvalue weighted by Gasteiger charge is 2.22. The number of carbonyl (C=O) groups excluding carboxylic acids is 1. The van der Waals surface area contributed by atoms with Crippen molar-refractivity contribution in [1.29, 1.82) is 0 Å². The zero-order valence-electron chi connectivity index (χ0n) is 11.6. The molecule has 1 amide bonds. The number of hydrogen-bond acceptors (Lipinski definition) is 1. The summed E-state index contributed by atoms with van der Waals surface area (Å²) in [6, 6.07) is 5.32. The minimum absolute atomic E-state index is 0.0746. The van der Waals surface area contributed by atoms with Gasteiger partial charge in [0.15, 0.2) is 6.54 Å². The smallest absolute Gasteiger partial charge is 0.275 e. The van der Waals surface area contributed by atoms with Crippen molar-refractivity contribution in [2.45, 2.75) is 6.54 Å². The van der Waals surface area contributed by atoms with E-state index in [0.29, 0.717) is 23.1 Å². The second-order valence-corrected chi connectivity index (χ2v) is 6.24. The molecule has 1 heterocycles. The SMILES string of the molecule is C[NH+]1CC[NH+](CC(=O)NCc2ccc(Cl)cc2Cl)CC1. The molecule has 4 nitrogen and oxygen atoms in total. The highest BCUT2D eigenvalue weighted by molar-refractivity contribution is 6.35. The van der Waals surface area contributed by atoms with Gasteiger partial charge in [-0.3, -0.25) is 4.79 Å². The van der Waals surface area contributed by atoms with E-state index in [2.05, 4.69) is 12.4 Å². The van der Waals surface area contributed by atoms with Crippen molar-refractivity contribution in [2.24, 2.45) is 0 Å². The third kappa shape index (κ3) is 4.63. The number of piperazine rings is 1. The fourth-order valence-corrected chi connectivity index (χ4v) is 2.83. The van der Waals surface area contributed by atoms with Gasteiger partial charge >= 0.3 is 0 Å². The topological polar surface area (TPSA) is 38.0 Å². The number of nitrogens with one attached hydrogen (secondary N) is 3. The molecule has 0 unspecified atom stereocenters. The van der Waals surface area contributed by atoms with Gasteiger partial charge in [-0.2, -0.15) is 0 Å². The number of benzene rings is 1. The monoisotopic (exact) mass is 317 g/mol. The molecule has 2 rings (SSSR count). The summed E-state index contributed by atoms with van der Waals surface area (Å²) in [5.41, 5.74) is 0.891. The first-order valence-corrected chi connectivity index (χ1v) is 7.65. The Hall–Kier alpha value is -0.810. The number of carbonyl (C=O) groups is 1. The number of amides is 1. The van der Waals surface area contributed by atoms with Gasteiger partial charge in [-0.25, -0.2) is 0 Å². The Bertz CT molecular complexity index is 473. The van der Waals surface area contributed by atoms with Crippen molar-refractivity contribution in [3.05, 3.63) is 33.8 Å². The standard InChI is InChI=1S/C14H19Cl2N3O/c1-18-4-6-19(7-5-18)10-14(20)17-9-11-2-3-12(15)8-13(11)16/h2-3,8H,4-7,9-10H2,1H3,(H,17,20)/p+2. The lowest BCUT2D eigenvalue weighted by Gasteiger charge is -2.26. The molecule has 0 spiro atoms. The van der Waals surface area contributed by atoms with Gasteiger partial charge in [-0.05, 0) is 17.7 Å². The second kappa shape index (κ2) is 7.27. The Balaban J connectivity index is 1.77. The van der Waals surface area contributed by atoms with Gasteiger partial charge in [0.2, 0.25) is 0 Å². The Morgan fingerprint density at radius 2 is 1.95 bits per heavy atom. The van der Waals surface area contributed by atoms with Gasteiger partial charge in [0.25, 0.3) is 5.91 Å². The van der Waals surface area contributed by atoms with Gasteiger partial charge in [-0.15, -0.1) is 0 Å². The van der Waals surface area contributed by atoms with Gasteiger partial charge in [0, 0.05) is 16.6 Å². The largest absolute Gasteiger partial charge is 0.347 e. The first-order chi connectivity index (χ1) is 9.54. The van der Waals surface area contributed by atoms with Crippen LogP contribution in [0.3, 0.4) is 0 Å². The Morgan fingerprint density at radius 1 is 1.25 bits per heavy atom. The van der Waals surface area contributed by atoms with Crippen LogP contribution in [0, 0.1) is 0 Å². The van der Waals surface area contributed by atoms with E-state index in [-0.39, 0.29) is 5.91 Å². The van der Waals surface area contributed by atoms with Crippen LogP contribution in [0.2, 0.25) is 10.0 Å². The Kier molecular flexibility index (Phi) is 5.66. The maximum atomic E-state index is 11.9. The highest BCUT2D eigenvalue weighted by atomic mass is 35.5. The Labute approximate surface area is 129 Å². The molecule has 0 radical (unpaired) electrons. The number of hydrogen-bond donors (Lipinski definition) is 3. The molecule has 1 aliphatic rings. The van der Waals surface area contributed by atoms with Crippen LogP contribution in [0.4, 0.5) is 0 Å². The van der Waals surface area contributed by atoms with E-state index in [1.54, 1.807) is 17.0 Å². The van der Waals surface area contributed by atoms with Crippen LogP contribution in [-0.2, 0) is 11.3 Å².